The van der Waals surface area contributed by atoms with Crippen molar-refractivity contribution in [2.24, 2.45) is 0 Å². The van der Waals surface area contributed by atoms with E-state index in [9.17, 15) is 4.57 Å². The van der Waals surface area contributed by atoms with Crippen molar-refractivity contribution < 1.29 is 9.30 Å². The molecule has 0 aliphatic heterocycles. The van der Waals surface area contributed by atoms with Gasteiger partial charge in [0.15, 0.2) is 0 Å². The molecule has 0 fully saturated rings. The minimum atomic E-state index is -0.286. The van der Waals surface area contributed by atoms with Gasteiger partial charge in [0.1, 0.15) is 0 Å². The molecule has 0 spiro atoms. The SMILES string of the molecule is Nc1cc(Br)cc(OC#P=O)c1. The Bertz CT molecular complexity index is 367. The molecule has 0 radical (unpaired) electrons. The summed E-state index contributed by atoms with van der Waals surface area (Å²) in [5.41, 5.74) is 6.09. The van der Waals surface area contributed by atoms with Crippen LogP contribution in [0.3, 0.4) is 0 Å². The second-order valence-electron chi connectivity index (χ2n) is 2.00. The molecule has 12 heavy (non-hydrogen) atoms. The molecule has 0 aliphatic rings. The van der Waals surface area contributed by atoms with Gasteiger partial charge >= 0.3 is 78.8 Å². The van der Waals surface area contributed by atoms with Gasteiger partial charge in [-0.2, -0.15) is 0 Å². The van der Waals surface area contributed by atoms with E-state index in [2.05, 4.69) is 21.7 Å². The Kier molecular flexibility index (Phi) is 3.42. The Labute approximate surface area is 79.2 Å². The standard InChI is InChI=1S/C7H5BrNO2P/c8-5-1-6(9)3-7(2-5)11-4-12-10/h1-3H,9H2. The van der Waals surface area contributed by atoms with Crippen LogP contribution in [0, 0.1) is 5.81 Å². The fourth-order valence-electron chi connectivity index (χ4n) is 0.715. The van der Waals surface area contributed by atoms with Gasteiger partial charge < -0.3 is 0 Å². The third-order valence-electron chi connectivity index (χ3n) is 1.09. The summed E-state index contributed by atoms with van der Waals surface area (Å²) in [5.74, 6) is 2.66. The van der Waals surface area contributed by atoms with Crippen molar-refractivity contribution in [2.45, 2.75) is 0 Å². The second-order valence-corrected chi connectivity index (χ2v) is 3.29. The van der Waals surface area contributed by atoms with Crippen molar-refractivity contribution in [3.05, 3.63) is 22.7 Å². The topological polar surface area (TPSA) is 52.3 Å². The van der Waals surface area contributed by atoms with Crippen LogP contribution < -0.4 is 10.5 Å². The van der Waals surface area contributed by atoms with Crippen LogP contribution in [0.4, 0.5) is 5.69 Å². The number of rotatable bonds is 1. The molecule has 0 bridgehead atoms. The quantitative estimate of drug-likeness (QED) is 0.612. The first-order chi connectivity index (χ1) is 5.72. The summed E-state index contributed by atoms with van der Waals surface area (Å²) in [5, 5.41) is 0. The molecule has 0 heterocycles. The van der Waals surface area contributed by atoms with E-state index in [1.54, 1.807) is 18.2 Å². The molecule has 1 rings (SSSR count). The second kappa shape index (κ2) is 4.36. The van der Waals surface area contributed by atoms with Crippen molar-refractivity contribution in [1.82, 2.24) is 0 Å². The molecule has 0 unspecified atom stereocenters. The molecule has 0 saturated heterocycles. The van der Waals surface area contributed by atoms with Gasteiger partial charge in [-0.1, -0.05) is 0 Å². The molecule has 2 N–H and O–H groups in total. The maximum absolute atomic E-state index is 9.97. The van der Waals surface area contributed by atoms with Crippen LogP contribution in [0.2, 0.25) is 0 Å². The Morgan fingerprint density at radius 2 is 2.25 bits per heavy atom. The van der Waals surface area contributed by atoms with Crippen LogP contribution in [0.25, 0.3) is 0 Å². The molecule has 3 nitrogen and oxygen atoms in total. The van der Waals surface area contributed by atoms with Gasteiger partial charge in [-0.3, -0.25) is 0 Å². The van der Waals surface area contributed by atoms with Crippen LogP contribution in [0.1, 0.15) is 0 Å². The van der Waals surface area contributed by atoms with Crippen molar-refractivity contribution >= 4 is 29.5 Å². The number of nitrogen functional groups attached to an aromatic ring is 1. The third kappa shape index (κ3) is 2.74. The number of halogens is 1. The Hall–Kier alpha value is -0.690. The van der Waals surface area contributed by atoms with E-state index in [0.717, 1.165) is 4.47 Å². The molecule has 1 aromatic carbocycles. The summed E-state index contributed by atoms with van der Waals surface area (Å²) in [4.78, 5) is 0. The van der Waals surface area contributed by atoms with E-state index < -0.39 is 0 Å². The fraction of sp³-hybridized carbons (Fsp3) is 0. The van der Waals surface area contributed by atoms with Gasteiger partial charge in [-0.15, -0.1) is 0 Å². The third-order valence-corrected chi connectivity index (χ3v) is 1.72. The van der Waals surface area contributed by atoms with Crippen molar-refractivity contribution in [1.29, 1.82) is 0 Å². The number of nitrogens with two attached hydrogens (primary N) is 1. The van der Waals surface area contributed by atoms with E-state index in [0.29, 0.717) is 11.4 Å². The number of anilines is 1. The summed E-state index contributed by atoms with van der Waals surface area (Å²) >= 11 is 3.24. The zero-order valence-electron chi connectivity index (χ0n) is 5.95. The Morgan fingerprint density at radius 1 is 1.50 bits per heavy atom. The van der Waals surface area contributed by atoms with E-state index in [4.69, 9.17) is 10.5 Å². The van der Waals surface area contributed by atoms with Crippen LogP contribution in [-0.4, -0.2) is 0 Å². The van der Waals surface area contributed by atoms with Crippen molar-refractivity contribution in [3.8, 4) is 11.6 Å². The maximum atomic E-state index is 9.97. The van der Waals surface area contributed by atoms with Gasteiger partial charge in [0.25, 0.3) is 0 Å². The molecule has 0 atom stereocenters. The zero-order valence-corrected chi connectivity index (χ0v) is 8.43. The van der Waals surface area contributed by atoms with Gasteiger partial charge in [-0.05, 0) is 0 Å². The molecule has 0 saturated carbocycles. The molecule has 0 aromatic heterocycles. The number of benzene rings is 1. The average Bonchev–Trinajstić information content (AvgIpc) is 1.99. The summed E-state index contributed by atoms with van der Waals surface area (Å²) in [6.07, 6.45) is 0. The van der Waals surface area contributed by atoms with Crippen molar-refractivity contribution in [2.75, 3.05) is 5.73 Å². The summed E-state index contributed by atoms with van der Waals surface area (Å²) in [6.45, 7) is 0. The first-order valence-electron chi connectivity index (χ1n) is 3.02. The number of hydrogen-bond acceptors (Lipinski definition) is 3. The van der Waals surface area contributed by atoms with Crippen LogP contribution >= 0.6 is 23.8 Å². The predicted octanol–water partition coefficient (Wildman–Crippen LogP) is 2.62. The van der Waals surface area contributed by atoms with Crippen LogP contribution in [0.5, 0.6) is 5.75 Å². The molecule has 5 heteroatoms. The number of hydrogen-bond donors (Lipinski definition) is 1. The Balaban J connectivity index is 2.97. The number of ether oxygens (including phenoxy) is 1. The van der Waals surface area contributed by atoms with Gasteiger partial charge in [0, 0.05) is 0 Å². The van der Waals surface area contributed by atoms with Gasteiger partial charge in [0.2, 0.25) is 0 Å². The van der Waals surface area contributed by atoms with Crippen LogP contribution in [-0.2, 0) is 4.57 Å². The van der Waals surface area contributed by atoms with E-state index in [1.165, 1.54) is 0 Å². The molecular weight excluding hydrogens is 241 g/mol. The Morgan fingerprint density at radius 3 is 2.83 bits per heavy atom. The van der Waals surface area contributed by atoms with E-state index in [-0.39, 0.29) is 7.92 Å². The molecule has 62 valence electrons. The molecular formula is C7H5BrNO2P. The van der Waals surface area contributed by atoms with Gasteiger partial charge in [-0.25, -0.2) is 0 Å². The summed E-state index contributed by atoms with van der Waals surface area (Å²) < 4.78 is 15.6. The van der Waals surface area contributed by atoms with Crippen LogP contribution in [0.15, 0.2) is 22.7 Å². The molecule has 0 aliphatic carbocycles. The van der Waals surface area contributed by atoms with Gasteiger partial charge in [0.05, 0.1) is 0 Å². The summed E-state index contributed by atoms with van der Waals surface area (Å²) in [6, 6.07) is 5.05. The first-order valence-corrected chi connectivity index (χ1v) is 4.63. The molecule has 1 aromatic rings. The normalized spacial score (nSPS) is 8.75. The molecule has 0 amide bonds. The fourth-order valence-corrected chi connectivity index (χ4v) is 1.35. The zero-order chi connectivity index (χ0) is 8.97. The summed E-state index contributed by atoms with van der Waals surface area (Å²) in [7, 11) is -0.286. The first kappa shape index (κ1) is 9.40. The average molecular weight is 246 g/mol. The van der Waals surface area contributed by atoms with Crippen molar-refractivity contribution in [3.63, 3.8) is 0 Å². The minimum absolute atomic E-state index is 0.286. The monoisotopic (exact) mass is 245 g/mol. The van der Waals surface area contributed by atoms with E-state index >= 15 is 0 Å². The van der Waals surface area contributed by atoms with E-state index in [1.807, 2.05) is 0 Å². The predicted molar refractivity (Wildman–Crippen MR) is 50.7 cm³/mol.